The van der Waals surface area contributed by atoms with E-state index in [1.54, 1.807) is 0 Å². The average molecular weight is 361 g/mol. The molecule has 0 radical (unpaired) electrons. The van der Waals surface area contributed by atoms with Crippen molar-refractivity contribution >= 4 is 16.0 Å². The Labute approximate surface area is 146 Å². The lowest BCUT2D eigenvalue weighted by Gasteiger charge is -2.40. The van der Waals surface area contributed by atoms with Crippen molar-refractivity contribution < 1.29 is 23.1 Å². The molecule has 2 aromatic rings. The summed E-state index contributed by atoms with van der Waals surface area (Å²) < 4.78 is 33.1. The van der Waals surface area contributed by atoms with Gasteiger partial charge in [-0.05, 0) is 36.8 Å². The number of hydrogen-bond donors (Lipinski definition) is 1. The summed E-state index contributed by atoms with van der Waals surface area (Å²) in [5.41, 5.74) is 0.235. The van der Waals surface area contributed by atoms with Crippen LogP contribution in [0.2, 0.25) is 0 Å². The summed E-state index contributed by atoms with van der Waals surface area (Å²) in [6.07, 6.45) is 0. The van der Waals surface area contributed by atoms with Crippen LogP contribution in [0.5, 0.6) is 0 Å². The van der Waals surface area contributed by atoms with Gasteiger partial charge in [0.1, 0.15) is 5.60 Å². The van der Waals surface area contributed by atoms with Crippen LogP contribution < -0.4 is 0 Å². The molecule has 1 unspecified atom stereocenters. The Balaban J connectivity index is 1.88. The highest BCUT2D eigenvalue weighted by atomic mass is 32.2. The summed E-state index contributed by atoms with van der Waals surface area (Å²) >= 11 is 0. The fraction of sp³-hybridized carbons (Fsp3) is 0.278. The van der Waals surface area contributed by atoms with Gasteiger partial charge in [-0.2, -0.15) is 4.31 Å². The smallest absolute Gasteiger partial charge is 0.335 e. The second kappa shape index (κ2) is 6.59. The van der Waals surface area contributed by atoms with E-state index in [1.807, 2.05) is 37.3 Å². The van der Waals surface area contributed by atoms with Crippen LogP contribution >= 0.6 is 0 Å². The summed E-state index contributed by atoms with van der Waals surface area (Å²) in [6, 6.07) is 14.8. The molecule has 0 amide bonds. The lowest BCUT2D eigenvalue weighted by Crippen LogP contribution is -2.50. The number of hydrogen-bond acceptors (Lipinski definition) is 4. The standard InChI is InChI=1S/C18H19NO5S/c1-18(15-5-3-2-4-6-15)13-19(11-12-24-18)25(22,23)16-9-7-14(8-10-16)17(20)21/h2-10H,11-13H2,1H3,(H,20,21). The minimum atomic E-state index is -3.72. The first kappa shape index (κ1) is 17.6. The molecule has 6 nitrogen and oxygen atoms in total. The van der Waals surface area contributed by atoms with Crippen molar-refractivity contribution in [2.75, 3.05) is 19.7 Å². The van der Waals surface area contributed by atoms with Crippen molar-refractivity contribution in [2.45, 2.75) is 17.4 Å². The fourth-order valence-electron chi connectivity index (χ4n) is 2.92. The van der Waals surface area contributed by atoms with E-state index in [0.29, 0.717) is 0 Å². The third-order valence-corrected chi connectivity index (χ3v) is 6.22. The van der Waals surface area contributed by atoms with Gasteiger partial charge >= 0.3 is 5.97 Å². The van der Waals surface area contributed by atoms with E-state index >= 15 is 0 Å². The molecule has 0 aromatic heterocycles. The molecule has 1 aliphatic rings. The van der Waals surface area contributed by atoms with E-state index < -0.39 is 21.6 Å². The number of rotatable bonds is 4. The molecule has 0 bridgehead atoms. The normalized spacial score (nSPS) is 21.8. The number of aromatic carboxylic acids is 1. The molecule has 25 heavy (non-hydrogen) atoms. The van der Waals surface area contributed by atoms with Gasteiger partial charge < -0.3 is 9.84 Å². The van der Waals surface area contributed by atoms with Gasteiger partial charge in [-0.25, -0.2) is 13.2 Å². The third kappa shape index (κ3) is 3.44. The summed E-state index contributed by atoms with van der Waals surface area (Å²) in [4.78, 5) is 11.0. The lowest BCUT2D eigenvalue weighted by atomic mass is 9.95. The highest BCUT2D eigenvalue weighted by Crippen LogP contribution is 2.32. The van der Waals surface area contributed by atoms with Gasteiger partial charge in [-0.3, -0.25) is 0 Å². The molecular weight excluding hydrogens is 342 g/mol. The first-order valence-corrected chi connectivity index (χ1v) is 9.30. The first-order valence-electron chi connectivity index (χ1n) is 7.86. The molecule has 1 N–H and O–H groups in total. The topological polar surface area (TPSA) is 83.9 Å². The van der Waals surface area contributed by atoms with Crippen LogP contribution in [0, 0.1) is 0 Å². The van der Waals surface area contributed by atoms with Crippen LogP contribution in [-0.4, -0.2) is 43.5 Å². The van der Waals surface area contributed by atoms with Gasteiger partial charge in [0.25, 0.3) is 0 Å². The third-order valence-electron chi connectivity index (χ3n) is 4.36. The highest BCUT2D eigenvalue weighted by molar-refractivity contribution is 7.89. The molecule has 0 aliphatic carbocycles. The van der Waals surface area contributed by atoms with Gasteiger partial charge in [-0.15, -0.1) is 0 Å². The van der Waals surface area contributed by atoms with Gasteiger partial charge in [0.15, 0.2) is 0 Å². The van der Waals surface area contributed by atoms with Crippen molar-refractivity contribution in [1.82, 2.24) is 4.31 Å². The minimum Gasteiger partial charge on any atom is -0.478 e. The number of morpholine rings is 1. The number of nitrogens with zero attached hydrogens (tertiary/aromatic N) is 1. The number of benzene rings is 2. The molecule has 3 rings (SSSR count). The van der Waals surface area contributed by atoms with E-state index in [1.165, 1.54) is 28.6 Å². The van der Waals surface area contributed by atoms with E-state index in [4.69, 9.17) is 9.84 Å². The Morgan fingerprint density at radius 1 is 1.12 bits per heavy atom. The maximum atomic E-state index is 12.9. The van der Waals surface area contributed by atoms with Crippen LogP contribution in [0.1, 0.15) is 22.8 Å². The Hall–Kier alpha value is -2.22. The van der Waals surface area contributed by atoms with E-state index in [-0.39, 0.29) is 30.2 Å². The quantitative estimate of drug-likeness (QED) is 0.903. The van der Waals surface area contributed by atoms with E-state index in [9.17, 15) is 13.2 Å². The number of sulfonamides is 1. The number of carbonyl (C=O) groups is 1. The maximum Gasteiger partial charge on any atom is 0.335 e. The van der Waals surface area contributed by atoms with Crippen molar-refractivity contribution in [2.24, 2.45) is 0 Å². The summed E-state index contributed by atoms with van der Waals surface area (Å²) in [5, 5.41) is 8.95. The summed E-state index contributed by atoms with van der Waals surface area (Å²) in [6.45, 7) is 2.61. The molecule has 1 aliphatic heterocycles. The molecule has 2 aromatic carbocycles. The Morgan fingerprint density at radius 2 is 1.76 bits per heavy atom. The summed E-state index contributed by atoms with van der Waals surface area (Å²) in [7, 11) is -3.72. The second-order valence-electron chi connectivity index (χ2n) is 6.11. The fourth-order valence-corrected chi connectivity index (χ4v) is 4.43. The molecule has 1 saturated heterocycles. The van der Waals surface area contributed by atoms with Gasteiger partial charge in [0.05, 0.1) is 17.1 Å². The number of ether oxygens (including phenoxy) is 1. The van der Waals surface area contributed by atoms with E-state index in [0.717, 1.165) is 5.56 Å². The lowest BCUT2D eigenvalue weighted by molar-refractivity contribution is -0.0820. The maximum absolute atomic E-state index is 12.9. The summed E-state index contributed by atoms with van der Waals surface area (Å²) in [5.74, 6) is -1.09. The predicted molar refractivity (Wildman–Crippen MR) is 91.9 cm³/mol. The van der Waals surface area contributed by atoms with Gasteiger partial charge in [0, 0.05) is 13.1 Å². The molecule has 1 heterocycles. The van der Waals surface area contributed by atoms with Crippen LogP contribution in [0.25, 0.3) is 0 Å². The number of carboxylic acids is 1. The van der Waals surface area contributed by atoms with Crippen molar-refractivity contribution in [1.29, 1.82) is 0 Å². The first-order chi connectivity index (χ1) is 11.8. The zero-order chi connectivity index (χ0) is 18.1. The van der Waals surface area contributed by atoms with Crippen LogP contribution in [0.4, 0.5) is 0 Å². The van der Waals surface area contributed by atoms with Gasteiger partial charge in [-0.1, -0.05) is 30.3 Å². The molecular formula is C18H19NO5S. The minimum absolute atomic E-state index is 0.0510. The predicted octanol–water partition coefficient (Wildman–Crippen LogP) is 2.32. The molecule has 1 fully saturated rings. The van der Waals surface area contributed by atoms with Crippen molar-refractivity contribution in [3.05, 3.63) is 65.7 Å². The van der Waals surface area contributed by atoms with Gasteiger partial charge in [0.2, 0.25) is 10.0 Å². The number of carboxylic acid groups (broad SMARTS) is 1. The van der Waals surface area contributed by atoms with Crippen LogP contribution in [-0.2, 0) is 20.4 Å². The van der Waals surface area contributed by atoms with Crippen LogP contribution in [0.15, 0.2) is 59.5 Å². The van der Waals surface area contributed by atoms with Crippen molar-refractivity contribution in [3.8, 4) is 0 Å². The molecule has 132 valence electrons. The second-order valence-corrected chi connectivity index (χ2v) is 8.05. The monoisotopic (exact) mass is 361 g/mol. The zero-order valence-electron chi connectivity index (χ0n) is 13.8. The largest absolute Gasteiger partial charge is 0.478 e. The average Bonchev–Trinajstić information content (AvgIpc) is 2.62. The molecule has 0 saturated carbocycles. The Bertz CT molecular complexity index is 864. The zero-order valence-corrected chi connectivity index (χ0v) is 14.6. The Kier molecular flexibility index (Phi) is 4.64. The highest BCUT2D eigenvalue weighted by Gasteiger charge is 2.39. The Morgan fingerprint density at radius 3 is 2.36 bits per heavy atom. The van der Waals surface area contributed by atoms with E-state index in [2.05, 4.69) is 0 Å². The SMILES string of the molecule is CC1(c2ccccc2)CN(S(=O)(=O)c2ccc(C(=O)O)cc2)CCO1. The van der Waals surface area contributed by atoms with Crippen LogP contribution in [0.3, 0.4) is 0 Å². The molecule has 7 heteroatoms. The molecule has 1 atom stereocenters. The molecule has 0 spiro atoms. The van der Waals surface area contributed by atoms with Crippen molar-refractivity contribution in [3.63, 3.8) is 0 Å².